The predicted molar refractivity (Wildman–Crippen MR) is 79.7 cm³/mol. The number of hydrogen-bond acceptors (Lipinski definition) is 3. The molecule has 0 heterocycles. The molecule has 0 saturated heterocycles. The molecule has 1 N–H and O–H groups in total. The molecule has 0 amide bonds. The average Bonchev–Trinajstić information content (AvgIpc) is 2.41. The Balaban J connectivity index is 2.32. The maximum atomic E-state index is 12.3. The summed E-state index contributed by atoms with van der Waals surface area (Å²) in [6, 6.07) is 11.9. The molecule has 2 aromatic carbocycles. The van der Waals surface area contributed by atoms with Crippen LogP contribution in [-0.2, 0) is 10.0 Å². The summed E-state index contributed by atoms with van der Waals surface area (Å²) < 4.78 is 32.2. The zero-order valence-corrected chi connectivity index (χ0v) is 12.5. The SMILES string of the molecule is COc1cccc(NS(=O)(=O)c2ccc(C)c(C)c2)c1. The zero-order chi connectivity index (χ0) is 14.8. The first-order valence-corrected chi connectivity index (χ1v) is 7.65. The van der Waals surface area contributed by atoms with E-state index in [0.29, 0.717) is 11.4 Å². The van der Waals surface area contributed by atoms with E-state index in [1.54, 1.807) is 42.5 Å². The Morgan fingerprint density at radius 1 is 1.00 bits per heavy atom. The fraction of sp³-hybridized carbons (Fsp3) is 0.200. The summed E-state index contributed by atoms with van der Waals surface area (Å²) in [4.78, 5) is 0.253. The number of nitrogens with one attached hydrogen (secondary N) is 1. The van der Waals surface area contributed by atoms with Gasteiger partial charge in [0.2, 0.25) is 0 Å². The molecule has 0 saturated carbocycles. The number of methoxy groups -OCH3 is 1. The second kappa shape index (κ2) is 5.54. The molecule has 0 bridgehead atoms. The van der Waals surface area contributed by atoms with Crippen LogP contribution in [0, 0.1) is 13.8 Å². The van der Waals surface area contributed by atoms with Gasteiger partial charge in [-0.05, 0) is 49.2 Å². The Morgan fingerprint density at radius 2 is 1.75 bits per heavy atom. The Morgan fingerprint density at radius 3 is 2.40 bits per heavy atom. The van der Waals surface area contributed by atoms with Crippen molar-refractivity contribution < 1.29 is 13.2 Å². The van der Waals surface area contributed by atoms with Crippen molar-refractivity contribution in [2.45, 2.75) is 18.7 Å². The minimum Gasteiger partial charge on any atom is -0.497 e. The fourth-order valence-electron chi connectivity index (χ4n) is 1.78. The van der Waals surface area contributed by atoms with Gasteiger partial charge in [0.1, 0.15) is 5.75 Å². The molecule has 2 rings (SSSR count). The third-order valence-corrected chi connectivity index (χ3v) is 4.49. The molecule has 106 valence electrons. The van der Waals surface area contributed by atoms with E-state index in [1.807, 2.05) is 13.8 Å². The van der Waals surface area contributed by atoms with E-state index in [0.717, 1.165) is 11.1 Å². The standard InChI is InChI=1S/C15H17NO3S/c1-11-7-8-15(9-12(11)2)20(17,18)16-13-5-4-6-14(10-13)19-3/h4-10,16H,1-3H3. The summed E-state index contributed by atoms with van der Waals surface area (Å²) in [5.41, 5.74) is 2.48. The molecule has 0 aliphatic rings. The third kappa shape index (κ3) is 3.11. The van der Waals surface area contributed by atoms with Crippen LogP contribution >= 0.6 is 0 Å². The lowest BCUT2D eigenvalue weighted by Gasteiger charge is -2.10. The molecule has 0 unspecified atom stereocenters. The highest BCUT2D eigenvalue weighted by Crippen LogP contribution is 2.21. The van der Waals surface area contributed by atoms with Gasteiger partial charge < -0.3 is 4.74 Å². The summed E-state index contributed by atoms with van der Waals surface area (Å²) in [5.74, 6) is 0.602. The molecule has 0 spiro atoms. The number of ether oxygens (including phenoxy) is 1. The van der Waals surface area contributed by atoms with E-state index in [4.69, 9.17) is 4.74 Å². The minimum atomic E-state index is -3.58. The topological polar surface area (TPSA) is 55.4 Å². The number of benzene rings is 2. The highest BCUT2D eigenvalue weighted by Gasteiger charge is 2.15. The van der Waals surface area contributed by atoms with Gasteiger partial charge in [-0.15, -0.1) is 0 Å². The first-order valence-electron chi connectivity index (χ1n) is 6.16. The number of rotatable bonds is 4. The van der Waals surface area contributed by atoms with Gasteiger partial charge in [0, 0.05) is 6.07 Å². The van der Waals surface area contributed by atoms with Crippen LogP contribution in [0.3, 0.4) is 0 Å². The van der Waals surface area contributed by atoms with E-state index >= 15 is 0 Å². The fourth-order valence-corrected chi connectivity index (χ4v) is 2.92. The smallest absolute Gasteiger partial charge is 0.261 e. The zero-order valence-electron chi connectivity index (χ0n) is 11.7. The summed E-state index contributed by atoms with van der Waals surface area (Å²) in [6.07, 6.45) is 0. The van der Waals surface area contributed by atoms with Gasteiger partial charge in [0.05, 0.1) is 17.7 Å². The molecule has 0 fully saturated rings. The van der Waals surface area contributed by atoms with Crippen molar-refractivity contribution >= 4 is 15.7 Å². The quantitative estimate of drug-likeness (QED) is 0.941. The van der Waals surface area contributed by atoms with Crippen LogP contribution in [0.1, 0.15) is 11.1 Å². The number of anilines is 1. The van der Waals surface area contributed by atoms with E-state index in [2.05, 4.69) is 4.72 Å². The van der Waals surface area contributed by atoms with Gasteiger partial charge in [-0.25, -0.2) is 8.42 Å². The van der Waals surface area contributed by atoms with Crippen LogP contribution in [0.5, 0.6) is 5.75 Å². The Bertz CT molecular complexity index is 724. The third-order valence-electron chi connectivity index (χ3n) is 3.11. The molecule has 20 heavy (non-hydrogen) atoms. The maximum Gasteiger partial charge on any atom is 0.261 e. The molecule has 0 aromatic heterocycles. The lowest BCUT2D eigenvalue weighted by molar-refractivity contribution is 0.415. The van der Waals surface area contributed by atoms with Crippen molar-refractivity contribution in [2.75, 3.05) is 11.8 Å². The maximum absolute atomic E-state index is 12.3. The minimum absolute atomic E-state index is 0.253. The van der Waals surface area contributed by atoms with Gasteiger partial charge in [-0.1, -0.05) is 12.1 Å². The Labute approximate surface area is 119 Å². The first-order chi connectivity index (χ1) is 9.42. The lowest BCUT2D eigenvalue weighted by atomic mass is 10.1. The van der Waals surface area contributed by atoms with Crippen molar-refractivity contribution in [1.29, 1.82) is 0 Å². The van der Waals surface area contributed by atoms with Crippen molar-refractivity contribution in [3.8, 4) is 5.75 Å². The number of sulfonamides is 1. The van der Waals surface area contributed by atoms with Gasteiger partial charge >= 0.3 is 0 Å². The van der Waals surface area contributed by atoms with Crippen LogP contribution < -0.4 is 9.46 Å². The van der Waals surface area contributed by atoms with Crippen LogP contribution in [-0.4, -0.2) is 15.5 Å². The van der Waals surface area contributed by atoms with E-state index in [1.165, 1.54) is 7.11 Å². The highest BCUT2D eigenvalue weighted by atomic mass is 32.2. The first kappa shape index (κ1) is 14.4. The second-order valence-electron chi connectivity index (χ2n) is 4.58. The summed E-state index contributed by atoms with van der Waals surface area (Å²) in [6.45, 7) is 3.83. The summed E-state index contributed by atoms with van der Waals surface area (Å²) in [7, 11) is -2.04. The van der Waals surface area contributed by atoms with E-state index in [-0.39, 0.29) is 4.90 Å². The van der Waals surface area contributed by atoms with Gasteiger partial charge in [-0.3, -0.25) is 4.72 Å². The second-order valence-corrected chi connectivity index (χ2v) is 6.27. The van der Waals surface area contributed by atoms with Crippen LogP contribution in [0.4, 0.5) is 5.69 Å². The molecule has 0 aliphatic heterocycles. The molecule has 5 heteroatoms. The molecule has 0 aliphatic carbocycles. The molecule has 0 radical (unpaired) electrons. The van der Waals surface area contributed by atoms with Gasteiger partial charge in [-0.2, -0.15) is 0 Å². The van der Waals surface area contributed by atoms with Crippen molar-refractivity contribution in [1.82, 2.24) is 0 Å². The largest absolute Gasteiger partial charge is 0.497 e. The van der Waals surface area contributed by atoms with E-state index in [9.17, 15) is 8.42 Å². The van der Waals surface area contributed by atoms with Crippen molar-refractivity contribution in [3.05, 3.63) is 53.6 Å². The normalized spacial score (nSPS) is 11.2. The Hall–Kier alpha value is -2.01. The summed E-state index contributed by atoms with van der Waals surface area (Å²) >= 11 is 0. The lowest BCUT2D eigenvalue weighted by Crippen LogP contribution is -2.13. The number of aryl methyl sites for hydroxylation is 2. The van der Waals surface area contributed by atoms with Crippen LogP contribution in [0.15, 0.2) is 47.4 Å². The monoisotopic (exact) mass is 291 g/mol. The molecule has 0 atom stereocenters. The van der Waals surface area contributed by atoms with Crippen molar-refractivity contribution in [2.24, 2.45) is 0 Å². The molecular formula is C15H17NO3S. The number of hydrogen-bond donors (Lipinski definition) is 1. The molecule has 4 nitrogen and oxygen atoms in total. The van der Waals surface area contributed by atoms with Crippen molar-refractivity contribution in [3.63, 3.8) is 0 Å². The molecular weight excluding hydrogens is 274 g/mol. The molecule has 2 aromatic rings. The average molecular weight is 291 g/mol. The summed E-state index contributed by atoms with van der Waals surface area (Å²) in [5, 5.41) is 0. The predicted octanol–water partition coefficient (Wildman–Crippen LogP) is 3.11. The highest BCUT2D eigenvalue weighted by molar-refractivity contribution is 7.92. The van der Waals surface area contributed by atoms with Crippen LogP contribution in [0.25, 0.3) is 0 Å². The Kier molecular flexibility index (Phi) is 3.99. The van der Waals surface area contributed by atoms with Gasteiger partial charge in [0.25, 0.3) is 10.0 Å². The van der Waals surface area contributed by atoms with Crippen LogP contribution in [0.2, 0.25) is 0 Å². The van der Waals surface area contributed by atoms with E-state index < -0.39 is 10.0 Å². The van der Waals surface area contributed by atoms with Gasteiger partial charge in [0.15, 0.2) is 0 Å².